The molecule has 0 amide bonds. The molecule has 5 nitrogen and oxygen atoms in total. The van der Waals surface area contributed by atoms with Crippen molar-refractivity contribution in [3.8, 4) is 0 Å². The molecular formula is C5H12N2O3S. The van der Waals surface area contributed by atoms with E-state index in [0.29, 0.717) is 25.0 Å². The molecule has 0 unspecified atom stereocenters. The van der Waals surface area contributed by atoms with Gasteiger partial charge in [0.1, 0.15) is 0 Å². The number of aliphatic hydroxyl groups is 3. The number of hydrogen-bond donors (Lipinski definition) is 4. The summed E-state index contributed by atoms with van der Waals surface area (Å²) in [5.41, 5.74) is 0. The van der Waals surface area contributed by atoms with Crippen LogP contribution < -0.4 is 5.32 Å². The second-order valence-electron chi connectivity index (χ2n) is 2.34. The first-order chi connectivity index (χ1) is 5.08. The van der Waals surface area contributed by atoms with E-state index in [2.05, 4.69) is 5.32 Å². The highest BCUT2D eigenvalue weighted by molar-refractivity contribution is 7.97. The lowest BCUT2D eigenvalue weighted by Crippen LogP contribution is -2.42. The highest BCUT2D eigenvalue weighted by atomic mass is 32.2. The minimum atomic E-state index is -2.63. The Morgan fingerprint density at radius 1 is 1.18 bits per heavy atom. The van der Waals surface area contributed by atoms with Gasteiger partial charge >= 0.3 is 5.31 Å². The number of hydrogen-bond acceptors (Lipinski definition) is 6. The highest BCUT2D eigenvalue weighted by Gasteiger charge is 2.25. The summed E-state index contributed by atoms with van der Waals surface area (Å²) in [4.78, 5) is 0. The molecule has 0 spiro atoms. The summed E-state index contributed by atoms with van der Waals surface area (Å²) in [6.45, 7) is 3.02. The normalized spacial score (nSPS) is 22.1. The van der Waals surface area contributed by atoms with Crippen molar-refractivity contribution in [2.75, 3.05) is 26.2 Å². The van der Waals surface area contributed by atoms with Crippen LogP contribution in [0.5, 0.6) is 0 Å². The minimum Gasteiger partial charge on any atom is -0.334 e. The van der Waals surface area contributed by atoms with E-state index in [4.69, 9.17) is 15.3 Å². The summed E-state index contributed by atoms with van der Waals surface area (Å²) in [5, 5.41) is 26.2. The zero-order valence-corrected chi connectivity index (χ0v) is 6.84. The fourth-order valence-electron chi connectivity index (χ4n) is 0.909. The molecule has 0 atom stereocenters. The maximum Gasteiger partial charge on any atom is 0.344 e. The third kappa shape index (κ3) is 3.90. The molecule has 0 aromatic heterocycles. The Labute approximate surface area is 69.1 Å². The Hall–Kier alpha value is 0.150. The van der Waals surface area contributed by atoms with Gasteiger partial charge in [0.05, 0.1) is 0 Å². The van der Waals surface area contributed by atoms with Crippen LogP contribution in [0.2, 0.25) is 0 Å². The van der Waals surface area contributed by atoms with Gasteiger partial charge in [-0.25, -0.2) is 4.31 Å². The number of rotatable bonds is 2. The van der Waals surface area contributed by atoms with E-state index in [1.54, 1.807) is 4.31 Å². The molecule has 0 saturated carbocycles. The average molecular weight is 180 g/mol. The van der Waals surface area contributed by atoms with E-state index in [1.807, 2.05) is 0 Å². The summed E-state index contributed by atoms with van der Waals surface area (Å²) in [7, 11) is 0. The van der Waals surface area contributed by atoms with Crippen molar-refractivity contribution in [2.24, 2.45) is 0 Å². The molecular weight excluding hydrogens is 168 g/mol. The van der Waals surface area contributed by atoms with Crippen LogP contribution in [-0.2, 0) is 0 Å². The van der Waals surface area contributed by atoms with Crippen molar-refractivity contribution in [1.82, 2.24) is 9.62 Å². The van der Waals surface area contributed by atoms with Crippen molar-refractivity contribution in [3.63, 3.8) is 0 Å². The Morgan fingerprint density at radius 3 is 2.18 bits per heavy atom. The smallest absolute Gasteiger partial charge is 0.334 e. The van der Waals surface area contributed by atoms with Gasteiger partial charge in [-0.15, -0.1) is 0 Å². The molecule has 0 aliphatic carbocycles. The van der Waals surface area contributed by atoms with E-state index >= 15 is 0 Å². The predicted molar refractivity (Wildman–Crippen MR) is 41.4 cm³/mol. The van der Waals surface area contributed by atoms with Gasteiger partial charge in [-0.3, -0.25) is 0 Å². The maximum atomic E-state index is 8.58. The maximum absolute atomic E-state index is 8.58. The van der Waals surface area contributed by atoms with Crippen LogP contribution in [0.4, 0.5) is 0 Å². The molecule has 66 valence electrons. The molecule has 4 N–H and O–H groups in total. The van der Waals surface area contributed by atoms with E-state index in [0.717, 1.165) is 13.1 Å². The third-order valence-corrected chi connectivity index (χ3v) is 2.20. The van der Waals surface area contributed by atoms with Crippen LogP contribution in [0.25, 0.3) is 0 Å². The zero-order valence-electron chi connectivity index (χ0n) is 6.03. The molecule has 0 aromatic carbocycles. The van der Waals surface area contributed by atoms with Crippen LogP contribution in [-0.4, -0.2) is 51.1 Å². The van der Waals surface area contributed by atoms with E-state index < -0.39 is 5.31 Å². The van der Waals surface area contributed by atoms with Gasteiger partial charge in [0.25, 0.3) is 0 Å². The fraction of sp³-hybridized carbons (Fsp3) is 1.00. The molecule has 1 saturated heterocycles. The number of nitrogens with one attached hydrogen (secondary N) is 1. The first-order valence-electron chi connectivity index (χ1n) is 3.40. The molecule has 6 heteroatoms. The molecule has 0 radical (unpaired) electrons. The Bertz CT molecular complexity index is 121. The quantitative estimate of drug-likeness (QED) is 0.295. The van der Waals surface area contributed by atoms with Gasteiger partial charge in [-0.1, -0.05) is 0 Å². The van der Waals surface area contributed by atoms with Gasteiger partial charge in [-0.05, 0) is 0 Å². The number of nitrogens with zero attached hydrogens (tertiary/aromatic N) is 1. The summed E-state index contributed by atoms with van der Waals surface area (Å²) in [6.07, 6.45) is 0. The van der Waals surface area contributed by atoms with Crippen molar-refractivity contribution >= 4 is 11.9 Å². The van der Waals surface area contributed by atoms with E-state index in [9.17, 15) is 0 Å². The van der Waals surface area contributed by atoms with Crippen molar-refractivity contribution in [2.45, 2.75) is 5.31 Å². The van der Waals surface area contributed by atoms with Crippen LogP contribution in [0.15, 0.2) is 0 Å². The van der Waals surface area contributed by atoms with Gasteiger partial charge in [-0.2, -0.15) is 0 Å². The van der Waals surface area contributed by atoms with Crippen molar-refractivity contribution in [1.29, 1.82) is 0 Å². The molecule has 1 aliphatic heterocycles. The molecule has 0 bridgehead atoms. The fourth-order valence-corrected chi connectivity index (χ4v) is 1.62. The molecule has 1 aliphatic rings. The largest absolute Gasteiger partial charge is 0.344 e. The molecule has 1 rings (SSSR count). The van der Waals surface area contributed by atoms with Gasteiger partial charge in [0.2, 0.25) is 0 Å². The Kier molecular flexibility index (Phi) is 3.11. The summed E-state index contributed by atoms with van der Waals surface area (Å²) < 4.78 is 1.70. The zero-order chi connectivity index (χ0) is 8.32. The second kappa shape index (κ2) is 3.70. The summed E-state index contributed by atoms with van der Waals surface area (Å²) >= 11 is 0.638. The topological polar surface area (TPSA) is 76.0 Å². The van der Waals surface area contributed by atoms with Crippen LogP contribution in [0.3, 0.4) is 0 Å². The Balaban J connectivity index is 2.24. The predicted octanol–water partition coefficient (Wildman–Crippen LogP) is -1.87. The van der Waals surface area contributed by atoms with Crippen molar-refractivity contribution < 1.29 is 15.3 Å². The minimum absolute atomic E-state index is 0.638. The monoisotopic (exact) mass is 180 g/mol. The summed E-state index contributed by atoms with van der Waals surface area (Å²) in [5.74, 6) is 0. The van der Waals surface area contributed by atoms with Gasteiger partial charge in [0.15, 0.2) is 0 Å². The summed E-state index contributed by atoms with van der Waals surface area (Å²) in [6, 6.07) is 0. The lowest BCUT2D eigenvalue weighted by molar-refractivity contribution is -0.236. The standard InChI is InChI=1S/C5H12N2O3S/c8-5(9,10)11-7-3-1-6-2-4-7/h6,8-10H,1-4H2. The van der Waals surface area contributed by atoms with Crippen LogP contribution >= 0.6 is 11.9 Å². The SMILES string of the molecule is OC(O)(O)SN1CCNCC1. The lowest BCUT2D eigenvalue weighted by atomic mass is 10.4. The molecule has 0 aromatic rings. The van der Waals surface area contributed by atoms with E-state index in [-0.39, 0.29) is 0 Å². The first-order valence-corrected chi connectivity index (χ1v) is 4.17. The van der Waals surface area contributed by atoms with Gasteiger partial charge in [0, 0.05) is 38.1 Å². The highest BCUT2D eigenvalue weighted by Crippen LogP contribution is 2.20. The molecule has 1 heterocycles. The van der Waals surface area contributed by atoms with Crippen molar-refractivity contribution in [3.05, 3.63) is 0 Å². The lowest BCUT2D eigenvalue weighted by Gasteiger charge is -2.28. The molecule has 11 heavy (non-hydrogen) atoms. The molecule has 1 fully saturated rings. The average Bonchev–Trinajstić information content (AvgIpc) is 1.85. The number of piperazine rings is 1. The first kappa shape index (κ1) is 9.24. The van der Waals surface area contributed by atoms with Crippen LogP contribution in [0, 0.1) is 0 Å². The van der Waals surface area contributed by atoms with Gasteiger partial charge < -0.3 is 20.6 Å². The third-order valence-electron chi connectivity index (χ3n) is 1.33. The van der Waals surface area contributed by atoms with Crippen LogP contribution in [0.1, 0.15) is 0 Å². The Morgan fingerprint density at radius 2 is 1.73 bits per heavy atom. The second-order valence-corrected chi connectivity index (χ2v) is 3.59. The van der Waals surface area contributed by atoms with E-state index in [1.165, 1.54) is 0 Å².